The molecule has 0 aliphatic rings. The minimum absolute atomic E-state index is 0.0631. The van der Waals surface area contributed by atoms with Crippen molar-refractivity contribution in [1.82, 2.24) is 0 Å². The SMILES string of the molecule is CCCOc1cc(N=[N+]=[N-])c([N+](=O)[O-])cc1Br. The van der Waals surface area contributed by atoms with Gasteiger partial charge in [-0.05, 0) is 33.9 Å². The maximum atomic E-state index is 10.7. The summed E-state index contributed by atoms with van der Waals surface area (Å²) < 4.78 is 5.81. The molecular formula is C9H9BrN4O3. The molecule has 0 heterocycles. The van der Waals surface area contributed by atoms with Crippen LogP contribution in [0.4, 0.5) is 11.4 Å². The number of azide groups is 1. The fraction of sp³-hybridized carbons (Fsp3) is 0.333. The zero-order valence-electron chi connectivity index (χ0n) is 8.96. The zero-order chi connectivity index (χ0) is 12.8. The van der Waals surface area contributed by atoms with Gasteiger partial charge in [0.2, 0.25) is 0 Å². The maximum absolute atomic E-state index is 10.7. The van der Waals surface area contributed by atoms with Crippen LogP contribution in [0.1, 0.15) is 13.3 Å². The third-order valence-electron chi connectivity index (χ3n) is 1.84. The second-order valence-electron chi connectivity index (χ2n) is 3.07. The van der Waals surface area contributed by atoms with Crippen molar-refractivity contribution in [3.63, 3.8) is 0 Å². The first kappa shape index (κ1) is 13.3. The van der Waals surface area contributed by atoms with Crippen molar-refractivity contribution in [3.05, 3.63) is 37.2 Å². The van der Waals surface area contributed by atoms with Gasteiger partial charge in [0.05, 0.1) is 16.0 Å². The fourth-order valence-corrected chi connectivity index (χ4v) is 1.58. The van der Waals surface area contributed by atoms with Crippen molar-refractivity contribution < 1.29 is 9.66 Å². The second-order valence-corrected chi connectivity index (χ2v) is 3.92. The molecule has 0 fully saturated rings. The summed E-state index contributed by atoms with van der Waals surface area (Å²) in [5.74, 6) is 0.417. The third kappa shape index (κ3) is 3.33. The van der Waals surface area contributed by atoms with Crippen molar-refractivity contribution in [3.8, 4) is 5.75 Å². The van der Waals surface area contributed by atoms with Gasteiger partial charge >= 0.3 is 0 Å². The van der Waals surface area contributed by atoms with E-state index in [-0.39, 0.29) is 11.4 Å². The molecule has 1 rings (SSSR count). The number of benzene rings is 1. The van der Waals surface area contributed by atoms with E-state index >= 15 is 0 Å². The van der Waals surface area contributed by atoms with Gasteiger partial charge in [0, 0.05) is 11.0 Å². The van der Waals surface area contributed by atoms with Crippen LogP contribution in [-0.4, -0.2) is 11.5 Å². The van der Waals surface area contributed by atoms with Crippen LogP contribution in [-0.2, 0) is 0 Å². The number of nitro groups is 1. The smallest absolute Gasteiger partial charge is 0.280 e. The average molecular weight is 301 g/mol. The molecule has 1 aromatic carbocycles. The van der Waals surface area contributed by atoms with Crippen LogP contribution in [0.2, 0.25) is 0 Å². The molecule has 1 aromatic rings. The topological polar surface area (TPSA) is 101 Å². The molecule has 90 valence electrons. The molecule has 0 aliphatic carbocycles. The summed E-state index contributed by atoms with van der Waals surface area (Å²) in [5.41, 5.74) is 8.02. The summed E-state index contributed by atoms with van der Waals surface area (Å²) in [5, 5.41) is 14.0. The molecule has 0 aliphatic heterocycles. The average Bonchev–Trinajstić information content (AvgIpc) is 2.29. The van der Waals surface area contributed by atoms with Gasteiger partial charge in [-0.15, -0.1) is 0 Å². The van der Waals surface area contributed by atoms with Crippen LogP contribution < -0.4 is 4.74 Å². The Kier molecular flexibility index (Phi) is 4.74. The minimum atomic E-state index is -0.613. The molecule has 0 spiro atoms. The monoisotopic (exact) mass is 300 g/mol. The molecular weight excluding hydrogens is 292 g/mol. The van der Waals surface area contributed by atoms with Crippen LogP contribution in [0.25, 0.3) is 10.4 Å². The zero-order valence-corrected chi connectivity index (χ0v) is 10.5. The highest BCUT2D eigenvalue weighted by Gasteiger charge is 2.16. The van der Waals surface area contributed by atoms with Crippen LogP contribution in [0.15, 0.2) is 21.7 Å². The predicted octanol–water partition coefficient (Wildman–Crippen LogP) is 4.09. The molecule has 0 aromatic heterocycles. The van der Waals surface area contributed by atoms with Crippen LogP contribution in [0, 0.1) is 10.1 Å². The summed E-state index contributed by atoms with van der Waals surface area (Å²) in [6.07, 6.45) is 0.806. The first-order chi connectivity index (χ1) is 8.10. The van der Waals surface area contributed by atoms with Crippen molar-refractivity contribution in [2.24, 2.45) is 5.11 Å². The predicted molar refractivity (Wildman–Crippen MR) is 65.4 cm³/mol. The molecule has 17 heavy (non-hydrogen) atoms. The standard InChI is InChI=1S/C9H9BrN4O3/c1-2-3-17-9-5-7(12-13-11)8(14(15)16)4-6(9)10/h4-5H,2-3H2,1H3. The van der Waals surface area contributed by atoms with Crippen LogP contribution in [0.5, 0.6) is 5.75 Å². The van der Waals surface area contributed by atoms with Crippen molar-refractivity contribution in [2.45, 2.75) is 13.3 Å². The largest absolute Gasteiger partial charge is 0.492 e. The van der Waals surface area contributed by atoms with E-state index in [1.54, 1.807) is 0 Å². The van der Waals surface area contributed by atoms with Crippen molar-refractivity contribution >= 4 is 27.3 Å². The molecule has 0 radical (unpaired) electrons. The summed E-state index contributed by atoms with van der Waals surface area (Å²) in [4.78, 5) is 12.7. The van der Waals surface area contributed by atoms with Gasteiger partial charge in [-0.3, -0.25) is 10.1 Å². The fourth-order valence-electron chi connectivity index (χ4n) is 1.13. The van der Waals surface area contributed by atoms with Gasteiger partial charge in [-0.2, -0.15) is 0 Å². The quantitative estimate of drug-likeness (QED) is 0.269. The van der Waals surface area contributed by atoms with Crippen molar-refractivity contribution in [1.29, 1.82) is 0 Å². The number of hydrogen-bond acceptors (Lipinski definition) is 4. The Morgan fingerprint density at radius 2 is 2.35 bits per heavy atom. The Bertz CT molecular complexity index is 485. The number of rotatable bonds is 5. The first-order valence-electron chi connectivity index (χ1n) is 4.76. The lowest BCUT2D eigenvalue weighted by molar-refractivity contribution is -0.384. The Labute approximate surface area is 105 Å². The van der Waals surface area contributed by atoms with Crippen molar-refractivity contribution in [2.75, 3.05) is 6.61 Å². The second kappa shape index (κ2) is 6.07. The number of hydrogen-bond donors (Lipinski definition) is 0. The lowest BCUT2D eigenvalue weighted by Crippen LogP contribution is -1.97. The summed E-state index contributed by atoms with van der Waals surface area (Å²) in [7, 11) is 0. The van der Waals surface area contributed by atoms with E-state index in [0.717, 1.165) is 6.42 Å². The lowest BCUT2D eigenvalue weighted by Gasteiger charge is -2.07. The van der Waals surface area contributed by atoms with Gasteiger partial charge in [0.1, 0.15) is 11.4 Å². The summed E-state index contributed by atoms with van der Waals surface area (Å²) in [6.45, 7) is 2.42. The molecule has 0 unspecified atom stereocenters. The number of halogens is 1. The van der Waals surface area contributed by atoms with E-state index in [9.17, 15) is 10.1 Å². The minimum Gasteiger partial charge on any atom is -0.492 e. The third-order valence-corrected chi connectivity index (χ3v) is 2.46. The summed E-state index contributed by atoms with van der Waals surface area (Å²) in [6, 6.07) is 2.60. The molecule has 0 amide bonds. The maximum Gasteiger partial charge on any atom is 0.280 e. The highest BCUT2D eigenvalue weighted by atomic mass is 79.9. The number of ether oxygens (including phenoxy) is 1. The molecule has 8 heteroatoms. The molecule has 7 nitrogen and oxygen atoms in total. The molecule has 0 saturated carbocycles. The lowest BCUT2D eigenvalue weighted by atomic mass is 10.2. The molecule has 0 saturated heterocycles. The Hall–Kier alpha value is -1.79. The highest BCUT2D eigenvalue weighted by molar-refractivity contribution is 9.10. The van der Waals surface area contributed by atoms with Gasteiger partial charge in [-0.1, -0.05) is 12.0 Å². The molecule has 0 N–H and O–H groups in total. The van der Waals surface area contributed by atoms with Crippen LogP contribution >= 0.6 is 15.9 Å². The normalized spacial score (nSPS) is 9.53. The van der Waals surface area contributed by atoms with E-state index in [1.165, 1.54) is 12.1 Å². The number of nitro benzene ring substituents is 1. The Balaban J connectivity index is 3.24. The van der Waals surface area contributed by atoms with Gasteiger partial charge in [-0.25, -0.2) is 0 Å². The van der Waals surface area contributed by atoms with E-state index in [2.05, 4.69) is 26.0 Å². The Morgan fingerprint density at radius 1 is 1.65 bits per heavy atom. The van der Waals surface area contributed by atoms with Gasteiger partial charge < -0.3 is 4.74 Å². The number of nitrogens with zero attached hydrogens (tertiary/aromatic N) is 4. The van der Waals surface area contributed by atoms with E-state index in [1.807, 2.05) is 6.92 Å². The molecule has 0 atom stereocenters. The van der Waals surface area contributed by atoms with Gasteiger partial charge in [0.25, 0.3) is 5.69 Å². The van der Waals surface area contributed by atoms with Gasteiger partial charge in [0.15, 0.2) is 0 Å². The van der Waals surface area contributed by atoms with E-state index < -0.39 is 4.92 Å². The highest BCUT2D eigenvalue weighted by Crippen LogP contribution is 2.37. The van der Waals surface area contributed by atoms with E-state index in [0.29, 0.717) is 16.8 Å². The van der Waals surface area contributed by atoms with E-state index in [4.69, 9.17) is 10.3 Å². The summed E-state index contributed by atoms with van der Waals surface area (Å²) >= 11 is 3.17. The Morgan fingerprint density at radius 3 is 2.88 bits per heavy atom. The first-order valence-corrected chi connectivity index (χ1v) is 5.55. The molecule has 0 bridgehead atoms. The van der Waals surface area contributed by atoms with Crippen LogP contribution in [0.3, 0.4) is 0 Å².